The minimum atomic E-state index is -0.704. The van der Waals surface area contributed by atoms with Crippen molar-refractivity contribution in [1.29, 1.82) is 0 Å². The smallest absolute Gasteiger partial charge is 0.261 e. The van der Waals surface area contributed by atoms with E-state index < -0.39 is 6.04 Å². The van der Waals surface area contributed by atoms with Gasteiger partial charge in [-0.3, -0.25) is 9.59 Å². The van der Waals surface area contributed by atoms with Crippen LogP contribution in [0.5, 0.6) is 11.5 Å². The first-order valence-electron chi connectivity index (χ1n) is 13.7. The number of unbranched alkanes of at least 4 members (excludes halogenated alkanes) is 1. The number of rotatable bonds is 13. The van der Waals surface area contributed by atoms with Crippen molar-refractivity contribution in [3.8, 4) is 11.5 Å². The van der Waals surface area contributed by atoms with Crippen LogP contribution in [0.4, 0.5) is 0 Å². The number of hydrogen-bond donors (Lipinski definition) is 1. The molecule has 39 heavy (non-hydrogen) atoms. The molecule has 0 spiro atoms. The SMILES string of the molecule is CCCCNC(=O)[C@@H](Cc1ccccc1)N(Cc1cccc(OC)c1)C(=O)COc1ccccc1C(C)(C)C. The second-order valence-corrected chi connectivity index (χ2v) is 10.8. The van der Waals surface area contributed by atoms with Crippen LogP contribution in [0.1, 0.15) is 57.2 Å². The zero-order valence-corrected chi connectivity index (χ0v) is 23.9. The van der Waals surface area contributed by atoms with Crippen LogP contribution in [-0.2, 0) is 28.0 Å². The molecule has 0 saturated carbocycles. The van der Waals surface area contributed by atoms with Crippen LogP contribution in [0, 0.1) is 0 Å². The van der Waals surface area contributed by atoms with Crippen molar-refractivity contribution in [3.05, 3.63) is 95.6 Å². The molecule has 208 valence electrons. The molecule has 0 bridgehead atoms. The quantitative estimate of drug-likeness (QED) is 0.278. The number of nitrogens with zero attached hydrogens (tertiary/aromatic N) is 1. The van der Waals surface area contributed by atoms with E-state index in [0.717, 1.165) is 29.5 Å². The monoisotopic (exact) mass is 530 g/mol. The third-order valence-electron chi connectivity index (χ3n) is 6.63. The van der Waals surface area contributed by atoms with Crippen LogP contribution in [0.25, 0.3) is 0 Å². The molecule has 0 aliphatic rings. The second-order valence-electron chi connectivity index (χ2n) is 10.8. The van der Waals surface area contributed by atoms with Gasteiger partial charge in [-0.2, -0.15) is 0 Å². The molecule has 0 saturated heterocycles. The summed E-state index contributed by atoms with van der Waals surface area (Å²) >= 11 is 0. The molecule has 3 aromatic carbocycles. The summed E-state index contributed by atoms with van der Waals surface area (Å²) in [5.41, 5.74) is 2.73. The number of nitrogens with one attached hydrogen (secondary N) is 1. The average molecular weight is 531 g/mol. The fraction of sp³-hybridized carbons (Fsp3) is 0.394. The van der Waals surface area contributed by atoms with E-state index in [1.807, 2.05) is 78.9 Å². The van der Waals surface area contributed by atoms with Crippen LogP contribution >= 0.6 is 0 Å². The Hall–Kier alpha value is -3.80. The highest BCUT2D eigenvalue weighted by atomic mass is 16.5. The summed E-state index contributed by atoms with van der Waals surface area (Å²) < 4.78 is 11.5. The van der Waals surface area contributed by atoms with Gasteiger partial charge in [0, 0.05) is 19.5 Å². The first-order chi connectivity index (χ1) is 18.7. The minimum absolute atomic E-state index is 0.144. The van der Waals surface area contributed by atoms with E-state index in [9.17, 15) is 9.59 Å². The lowest BCUT2D eigenvalue weighted by atomic mass is 9.86. The van der Waals surface area contributed by atoms with E-state index in [1.54, 1.807) is 12.0 Å². The van der Waals surface area contributed by atoms with Crippen LogP contribution in [0.15, 0.2) is 78.9 Å². The Morgan fingerprint density at radius 1 is 0.923 bits per heavy atom. The molecule has 1 N–H and O–H groups in total. The van der Waals surface area contributed by atoms with Gasteiger partial charge in [-0.1, -0.05) is 94.8 Å². The number of para-hydroxylation sites is 1. The predicted octanol–water partition coefficient (Wildman–Crippen LogP) is 5.93. The van der Waals surface area contributed by atoms with Crippen molar-refractivity contribution < 1.29 is 19.1 Å². The summed E-state index contributed by atoms with van der Waals surface area (Å²) in [4.78, 5) is 29.1. The summed E-state index contributed by atoms with van der Waals surface area (Å²) in [6, 6.07) is 24.5. The second kappa shape index (κ2) is 14.4. The van der Waals surface area contributed by atoms with E-state index in [4.69, 9.17) is 9.47 Å². The number of benzene rings is 3. The van der Waals surface area contributed by atoms with Gasteiger partial charge >= 0.3 is 0 Å². The first kappa shape index (κ1) is 29.8. The van der Waals surface area contributed by atoms with E-state index in [2.05, 4.69) is 33.0 Å². The maximum Gasteiger partial charge on any atom is 0.261 e. The summed E-state index contributed by atoms with van der Waals surface area (Å²) in [5, 5.41) is 3.05. The highest BCUT2D eigenvalue weighted by Gasteiger charge is 2.31. The lowest BCUT2D eigenvalue weighted by molar-refractivity contribution is -0.142. The molecule has 0 fully saturated rings. The minimum Gasteiger partial charge on any atom is -0.497 e. The van der Waals surface area contributed by atoms with E-state index in [-0.39, 0.29) is 30.4 Å². The molecule has 3 rings (SSSR count). The summed E-state index contributed by atoms with van der Waals surface area (Å²) in [6.45, 7) is 9.06. The van der Waals surface area contributed by atoms with E-state index >= 15 is 0 Å². The molecule has 3 aromatic rings. The Morgan fingerprint density at radius 3 is 2.31 bits per heavy atom. The molecule has 0 aromatic heterocycles. The topological polar surface area (TPSA) is 67.9 Å². The van der Waals surface area contributed by atoms with Gasteiger partial charge in [0.15, 0.2) is 6.61 Å². The molecule has 0 radical (unpaired) electrons. The lowest BCUT2D eigenvalue weighted by Crippen LogP contribution is -2.51. The van der Waals surface area contributed by atoms with Crippen molar-refractivity contribution in [2.45, 2.75) is 65.0 Å². The maximum absolute atomic E-state index is 13.9. The predicted molar refractivity (Wildman–Crippen MR) is 156 cm³/mol. The molecular weight excluding hydrogens is 488 g/mol. The Kier molecular flexibility index (Phi) is 11.0. The molecule has 0 heterocycles. The van der Waals surface area contributed by atoms with Gasteiger partial charge in [0.2, 0.25) is 5.91 Å². The average Bonchev–Trinajstić information content (AvgIpc) is 2.94. The fourth-order valence-corrected chi connectivity index (χ4v) is 4.46. The van der Waals surface area contributed by atoms with Gasteiger partial charge in [0.1, 0.15) is 17.5 Å². The number of amides is 2. The maximum atomic E-state index is 13.9. The Labute approximate surface area is 233 Å². The normalized spacial score (nSPS) is 11.9. The molecule has 6 nitrogen and oxygen atoms in total. The van der Waals surface area contributed by atoms with Crippen LogP contribution in [0.3, 0.4) is 0 Å². The van der Waals surface area contributed by atoms with Crippen molar-refractivity contribution in [2.24, 2.45) is 0 Å². The van der Waals surface area contributed by atoms with Crippen molar-refractivity contribution >= 4 is 11.8 Å². The first-order valence-corrected chi connectivity index (χ1v) is 13.7. The molecule has 1 atom stereocenters. The summed E-state index contributed by atoms with van der Waals surface area (Å²) in [5.74, 6) is 0.945. The van der Waals surface area contributed by atoms with Crippen molar-refractivity contribution in [1.82, 2.24) is 10.2 Å². The molecular formula is C33H42N2O4. The Balaban J connectivity index is 1.94. The van der Waals surface area contributed by atoms with Gasteiger partial charge in [0.25, 0.3) is 5.91 Å². The third kappa shape index (κ3) is 8.88. The van der Waals surface area contributed by atoms with Gasteiger partial charge in [-0.15, -0.1) is 0 Å². The number of carbonyl (C=O) groups excluding carboxylic acids is 2. The van der Waals surface area contributed by atoms with Crippen LogP contribution < -0.4 is 14.8 Å². The number of methoxy groups -OCH3 is 1. The number of ether oxygens (including phenoxy) is 2. The highest BCUT2D eigenvalue weighted by molar-refractivity contribution is 5.88. The highest BCUT2D eigenvalue weighted by Crippen LogP contribution is 2.31. The standard InChI is InChI=1S/C33H42N2O4/c1-6-7-20-34-32(37)29(22-25-14-9-8-10-15-25)35(23-26-16-13-17-27(21-26)38-5)31(36)24-39-30-19-12-11-18-28(30)33(2,3)4/h8-19,21,29H,6-7,20,22-24H2,1-5H3,(H,34,37)/t29-/m1/s1. The Morgan fingerprint density at radius 2 is 1.62 bits per heavy atom. The molecule has 0 unspecified atom stereocenters. The molecule has 0 aliphatic heterocycles. The summed E-state index contributed by atoms with van der Waals surface area (Å²) in [6.07, 6.45) is 2.24. The van der Waals surface area contributed by atoms with Crippen molar-refractivity contribution in [2.75, 3.05) is 20.3 Å². The van der Waals surface area contributed by atoms with Crippen molar-refractivity contribution in [3.63, 3.8) is 0 Å². The zero-order valence-electron chi connectivity index (χ0n) is 23.9. The summed E-state index contributed by atoms with van der Waals surface area (Å²) in [7, 11) is 1.61. The van der Waals surface area contributed by atoms with E-state index in [0.29, 0.717) is 24.5 Å². The Bertz CT molecular complexity index is 1200. The van der Waals surface area contributed by atoms with Crippen LogP contribution in [-0.4, -0.2) is 43.0 Å². The molecule has 0 aliphatic carbocycles. The largest absolute Gasteiger partial charge is 0.497 e. The number of hydrogen-bond acceptors (Lipinski definition) is 4. The fourth-order valence-electron chi connectivity index (χ4n) is 4.46. The van der Waals surface area contributed by atoms with Gasteiger partial charge in [-0.25, -0.2) is 0 Å². The number of carbonyl (C=O) groups is 2. The van der Waals surface area contributed by atoms with Crippen LogP contribution in [0.2, 0.25) is 0 Å². The lowest BCUT2D eigenvalue weighted by Gasteiger charge is -2.32. The van der Waals surface area contributed by atoms with E-state index in [1.165, 1.54) is 0 Å². The van der Waals surface area contributed by atoms with Gasteiger partial charge < -0.3 is 19.7 Å². The third-order valence-corrected chi connectivity index (χ3v) is 6.63. The van der Waals surface area contributed by atoms with Gasteiger partial charge in [0.05, 0.1) is 7.11 Å². The molecule has 2 amide bonds. The molecule has 6 heteroatoms. The zero-order chi connectivity index (χ0) is 28.3. The van der Waals surface area contributed by atoms with Gasteiger partial charge in [-0.05, 0) is 46.7 Å².